The number of nitrogens with zero attached hydrogens (tertiary/aromatic N) is 4. The van der Waals surface area contributed by atoms with Crippen LogP contribution in [0.15, 0.2) is 0 Å². The summed E-state index contributed by atoms with van der Waals surface area (Å²) in [5, 5.41) is 41.6. The molecule has 0 heterocycles. The third kappa shape index (κ3) is 23.2. The molecule has 0 aliphatic rings. The van der Waals surface area contributed by atoms with Gasteiger partial charge in [-0.25, -0.2) is 0 Å². The SMILES string of the molecule is CC(C)N(C(=O)[O-])C(C)C.CC(C)N(C(=O)[O-])C(C)C.CC(C)N(C(=O)[O-])C(C)C.CC(C)N(C(=O)[O-])C(C)C.[Hf+4]. The molecule has 0 saturated heterocycles. The van der Waals surface area contributed by atoms with Crippen molar-refractivity contribution < 1.29 is 65.4 Å². The zero-order valence-electron chi connectivity index (χ0n) is 28.2. The van der Waals surface area contributed by atoms with Gasteiger partial charge < -0.3 is 59.2 Å². The summed E-state index contributed by atoms with van der Waals surface area (Å²) in [4.78, 5) is 46.8. The number of hydrogen-bond acceptors (Lipinski definition) is 8. The minimum Gasteiger partial charge on any atom is -0.530 e. The molecule has 0 bridgehead atoms. The molecule has 12 nitrogen and oxygen atoms in total. The maximum atomic E-state index is 10.4. The molecular formula is C28H56HfN4O8. The Morgan fingerprint density at radius 1 is 0.317 bits per heavy atom. The molecule has 240 valence electrons. The third-order valence-corrected chi connectivity index (χ3v) is 5.29. The molecule has 0 N–H and O–H groups in total. The van der Waals surface area contributed by atoms with Crippen LogP contribution in [0.4, 0.5) is 19.2 Å². The van der Waals surface area contributed by atoms with Crippen LogP contribution in [0.1, 0.15) is 111 Å². The van der Waals surface area contributed by atoms with E-state index in [4.69, 9.17) is 0 Å². The summed E-state index contributed by atoms with van der Waals surface area (Å²) in [6.45, 7) is 29.3. The van der Waals surface area contributed by atoms with Gasteiger partial charge in [-0.2, -0.15) is 0 Å². The van der Waals surface area contributed by atoms with Crippen LogP contribution in [0.25, 0.3) is 0 Å². The maximum absolute atomic E-state index is 10.4. The summed E-state index contributed by atoms with van der Waals surface area (Å²) in [7, 11) is 0. The van der Waals surface area contributed by atoms with Crippen LogP contribution in [-0.2, 0) is 25.8 Å². The second-order valence-electron chi connectivity index (χ2n) is 11.4. The van der Waals surface area contributed by atoms with Gasteiger partial charge in [-0.3, -0.25) is 0 Å². The Bertz CT molecular complexity index is 578. The van der Waals surface area contributed by atoms with E-state index < -0.39 is 24.4 Å². The molecule has 0 aromatic heterocycles. The van der Waals surface area contributed by atoms with Gasteiger partial charge in [0.2, 0.25) is 0 Å². The normalized spacial score (nSPS) is 10.3. The number of carbonyl (C=O) groups excluding carboxylic acids is 4. The Morgan fingerprint density at radius 2 is 0.390 bits per heavy atom. The van der Waals surface area contributed by atoms with Crippen molar-refractivity contribution in [3.63, 3.8) is 0 Å². The van der Waals surface area contributed by atoms with Gasteiger partial charge in [-0.05, 0) is 111 Å². The first-order valence-corrected chi connectivity index (χ1v) is 13.8. The fourth-order valence-corrected chi connectivity index (χ4v) is 4.07. The van der Waals surface area contributed by atoms with E-state index in [1.165, 1.54) is 19.6 Å². The fraction of sp³-hybridized carbons (Fsp3) is 0.857. The predicted molar refractivity (Wildman–Crippen MR) is 150 cm³/mol. The minimum absolute atomic E-state index is 0. The first-order valence-electron chi connectivity index (χ1n) is 13.8. The molecule has 0 saturated carbocycles. The zero-order valence-corrected chi connectivity index (χ0v) is 31.8. The van der Waals surface area contributed by atoms with Crippen LogP contribution in [-0.4, -0.2) is 92.3 Å². The first kappa shape index (κ1) is 48.7. The predicted octanol–water partition coefficient (Wildman–Crippen LogP) is 1.79. The van der Waals surface area contributed by atoms with Crippen molar-refractivity contribution in [2.24, 2.45) is 0 Å². The Kier molecular flexibility index (Phi) is 29.1. The number of rotatable bonds is 8. The quantitative estimate of drug-likeness (QED) is 0.338. The fourth-order valence-electron chi connectivity index (χ4n) is 4.07. The molecule has 0 spiro atoms. The third-order valence-electron chi connectivity index (χ3n) is 5.29. The smallest absolute Gasteiger partial charge is 0.530 e. The van der Waals surface area contributed by atoms with Crippen LogP contribution in [0.5, 0.6) is 0 Å². The van der Waals surface area contributed by atoms with Crippen molar-refractivity contribution in [3.8, 4) is 0 Å². The molecule has 13 heteroatoms. The summed E-state index contributed by atoms with van der Waals surface area (Å²) in [6.07, 6.45) is -4.37. The molecule has 41 heavy (non-hydrogen) atoms. The van der Waals surface area contributed by atoms with E-state index >= 15 is 0 Å². The van der Waals surface area contributed by atoms with Crippen molar-refractivity contribution in [3.05, 3.63) is 0 Å². The number of carbonyl (C=O) groups is 4. The van der Waals surface area contributed by atoms with Crippen molar-refractivity contribution in [2.45, 2.75) is 159 Å². The standard InChI is InChI=1S/4C7H15NO2.Hf/c4*1-5(2)8(6(3)4)7(9)10;/h4*5-6H,1-4H3,(H,9,10);/q;;;;+4/p-4. The van der Waals surface area contributed by atoms with Gasteiger partial charge in [0.05, 0.1) is 0 Å². The monoisotopic (exact) mass is 756 g/mol. The summed E-state index contributed by atoms with van der Waals surface area (Å²) in [6, 6.07) is 0.0370. The van der Waals surface area contributed by atoms with Crippen LogP contribution in [0.2, 0.25) is 0 Å². The molecule has 0 aromatic rings. The van der Waals surface area contributed by atoms with Crippen molar-refractivity contribution >= 4 is 24.4 Å². The first-order chi connectivity index (χ1) is 17.9. The van der Waals surface area contributed by atoms with Crippen molar-refractivity contribution in [1.82, 2.24) is 19.6 Å². The minimum atomic E-state index is -1.09. The van der Waals surface area contributed by atoms with Crippen molar-refractivity contribution in [2.75, 3.05) is 0 Å². The molecule has 0 unspecified atom stereocenters. The van der Waals surface area contributed by atoms with E-state index in [2.05, 4.69) is 0 Å². The van der Waals surface area contributed by atoms with Gasteiger partial charge in [-0.15, -0.1) is 0 Å². The van der Waals surface area contributed by atoms with Crippen LogP contribution >= 0.6 is 0 Å². The summed E-state index contributed by atoms with van der Waals surface area (Å²) in [5.41, 5.74) is 0. The van der Waals surface area contributed by atoms with E-state index in [1.807, 2.05) is 111 Å². The molecule has 0 aliphatic heterocycles. The molecule has 0 atom stereocenters. The van der Waals surface area contributed by atoms with Crippen LogP contribution in [0, 0.1) is 0 Å². The van der Waals surface area contributed by atoms with Crippen molar-refractivity contribution in [1.29, 1.82) is 0 Å². The van der Waals surface area contributed by atoms with Gasteiger partial charge in [0, 0.05) is 48.3 Å². The Hall–Kier alpha value is -2.05. The van der Waals surface area contributed by atoms with Gasteiger partial charge >= 0.3 is 25.8 Å². The second kappa shape index (κ2) is 24.5. The molecule has 0 radical (unpaired) electrons. The topological polar surface area (TPSA) is 173 Å². The van der Waals surface area contributed by atoms with Crippen LogP contribution in [0.3, 0.4) is 0 Å². The van der Waals surface area contributed by atoms with Crippen LogP contribution < -0.4 is 20.4 Å². The van der Waals surface area contributed by atoms with E-state index in [1.54, 1.807) is 0 Å². The van der Waals surface area contributed by atoms with E-state index in [0.717, 1.165) is 0 Å². The molecule has 0 aromatic carbocycles. The Balaban J connectivity index is -0.000000139. The average molecular weight is 755 g/mol. The molecule has 0 rings (SSSR count). The number of carboxylic acid groups (broad SMARTS) is 4. The van der Waals surface area contributed by atoms with Gasteiger partial charge in [0.15, 0.2) is 0 Å². The average Bonchev–Trinajstić information content (AvgIpc) is 2.64. The Labute approximate surface area is 267 Å². The number of amides is 4. The molecule has 0 fully saturated rings. The zero-order chi connectivity index (χ0) is 33.2. The van der Waals surface area contributed by atoms with Gasteiger partial charge in [0.25, 0.3) is 0 Å². The Morgan fingerprint density at radius 3 is 0.390 bits per heavy atom. The van der Waals surface area contributed by atoms with E-state index in [0.29, 0.717) is 0 Å². The number of hydrogen-bond donors (Lipinski definition) is 0. The maximum Gasteiger partial charge on any atom is 4.00 e. The van der Waals surface area contributed by atoms with Gasteiger partial charge in [0.1, 0.15) is 24.4 Å². The molecular weight excluding hydrogens is 699 g/mol. The largest absolute Gasteiger partial charge is 4.00 e. The van der Waals surface area contributed by atoms with Gasteiger partial charge in [-0.1, -0.05) is 0 Å². The van der Waals surface area contributed by atoms with E-state index in [9.17, 15) is 39.6 Å². The summed E-state index contributed by atoms with van der Waals surface area (Å²) < 4.78 is 0. The second-order valence-corrected chi connectivity index (χ2v) is 11.4. The molecule has 0 aliphatic carbocycles. The van der Waals surface area contributed by atoms with E-state index in [-0.39, 0.29) is 74.2 Å². The molecule has 4 amide bonds. The summed E-state index contributed by atoms with van der Waals surface area (Å²) in [5.74, 6) is 0. The summed E-state index contributed by atoms with van der Waals surface area (Å²) >= 11 is 0.